The van der Waals surface area contributed by atoms with Crippen molar-refractivity contribution in [3.8, 4) is 39.8 Å². The van der Waals surface area contributed by atoms with Crippen LogP contribution in [0.5, 0.6) is 23.0 Å². The summed E-state index contributed by atoms with van der Waals surface area (Å²) in [5, 5.41) is 2.65. The van der Waals surface area contributed by atoms with Crippen LogP contribution in [-0.2, 0) is 11.3 Å². The van der Waals surface area contributed by atoms with E-state index >= 15 is 0 Å². The van der Waals surface area contributed by atoms with Crippen molar-refractivity contribution in [2.75, 3.05) is 34.2 Å². The molecule has 0 saturated carbocycles. The Hall–Kier alpha value is -4.97. The quantitative estimate of drug-likeness (QED) is 0.116. The zero-order valence-electron chi connectivity index (χ0n) is 26.8. The lowest BCUT2D eigenvalue weighted by Gasteiger charge is -2.21. The third kappa shape index (κ3) is 6.82. The van der Waals surface area contributed by atoms with Crippen molar-refractivity contribution >= 4 is 73.9 Å². The number of halogens is 3. The van der Waals surface area contributed by atoms with E-state index in [9.17, 15) is 9.59 Å². The topological polar surface area (TPSA) is 124 Å². The molecule has 2 heterocycles. The molecule has 0 unspecified atom stereocenters. The molecule has 2 aromatic heterocycles. The molecule has 0 saturated heterocycles. The Balaban J connectivity index is 0.00000270. The van der Waals surface area contributed by atoms with E-state index in [1.165, 1.54) is 33.0 Å². The molecule has 0 bridgehead atoms. The van der Waals surface area contributed by atoms with Gasteiger partial charge in [-0.1, -0.05) is 24.3 Å². The van der Waals surface area contributed by atoms with Crippen LogP contribution in [0.4, 0.5) is 5.69 Å². The molecule has 0 atom stereocenters. The fourth-order valence-corrected chi connectivity index (χ4v) is 6.14. The highest BCUT2D eigenvalue weighted by molar-refractivity contribution is 9.10. The van der Waals surface area contributed by atoms with E-state index in [2.05, 4.69) is 20.9 Å². The molecule has 0 fully saturated rings. The minimum absolute atomic E-state index is 0. The number of hydrogen-bond acceptors (Lipinski definition) is 9. The van der Waals surface area contributed by atoms with Gasteiger partial charge in [0.25, 0.3) is 5.56 Å². The zero-order chi connectivity index (χ0) is 33.2. The van der Waals surface area contributed by atoms with Crippen molar-refractivity contribution in [1.82, 2.24) is 9.55 Å². The first-order chi connectivity index (χ1) is 22.8. The molecule has 10 nitrogen and oxygen atoms in total. The normalized spacial score (nSPS) is 10.6. The van der Waals surface area contributed by atoms with E-state index in [0.29, 0.717) is 55.4 Å². The molecule has 49 heavy (non-hydrogen) atoms. The Morgan fingerprint density at radius 3 is 2.06 bits per heavy atom. The molecule has 0 aliphatic heterocycles. The Morgan fingerprint density at radius 1 is 0.796 bits per heavy atom. The number of nitrogens with two attached hydrogens (primary N) is 1. The van der Waals surface area contributed by atoms with Crippen molar-refractivity contribution in [1.29, 1.82) is 0 Å². The molecule has 0 aliphatic carbocycles. The van der Waals surface area contributed by atoms with Crippen LogP contribution in [0.2, 0.25) is 0 Å². The number of fused-ring (bicyclic) bond motifs is 2. The summed E-state index contributed by atoms with van der Waals surface area (Å²) in [6, 6.07) is 23.2. The molecule has 6 rings (SSSR count). The third-order valence-corrected chi connectivity index (χ3v) is 8.63. The van der Waals surface area contributed by atoms with Gasteiger partial charge in [-0.05, 0) is 81.5 Å². The summed E-state index contributed by atoms with van der Waals surface area (Å²) in [6.45, 7) is 0.115. The Labute approximate surface area is 302 Å². The van der Waals surface area contributed by atoms with Crippen molar-refractivity contribution in [2.24, 2.45) is 0 Å². The highest BCUT2D eigenvalue weighted by Gasteiger charge is 2.28. The summed E-state index contributed by atoms with van der Waals surface area (Å²) in [4.78, 5) is 32.7. The molecule has 2 N–H and O–H groups in total. The first-order valence-electron chi connectivity index (χ1n) is 14.4. The molecule has 13 heteroatoms. The average molecular weight is 769 g/mol. The van der Waals surface area contributed by atoms with E-state index in [1.54, 1.807) is 54.7 Å². The van der Waals surface area contributed by atoms with Crippen LogP contribution in [-0.4, -0.2) is 44.0 Å². The number of hydrogen-bond donors (Lipinski definition) is 1. The molecular weight excluding hydrogens is 737 g/mol. The van der Waals surface area contributed by atoms with Gasteiger partial charge in [0.05, 0.1) is 39.5 Å². The minimum Gasteiger partial charge on any atom is -0.495 e. The van der Waals surface area contributed by atoms with Gasteiger partial charge in [0.2, 0.25) is 0 Å². The number of nitrogen functional groups attached to an aromatic ring is 1. The van der Waals surface area contributed by atoms with Crippen LogP contribution in [0.3, 0.4) is 0 Å². The highest BCUT2D eigenvalue weighted by atomic mass is 79.9. The number of carbonyl (C=O) groups is 1. The summed E-state index contributed by atoms with van der Waals surface area (Å²) in [5.41, 5.74) is 8.00. The van der Waals surface area contributed by atoms with Crippen LogP contribution in [0.25, 0.3) is 38.4 Å². The van der Waals surface area contributed by atoms with Gasteiger partial charge in [-0.2, -0.15) is 0 Å². The summed E-state index contributed by atoms with van der Waals surface area (Å²) >= 11 is 3.52. The second-order valence-electron chi connectivity index (χ2n) is 10.5. The van der Waals surface area contributed by atoms with Gasteiger partial charge in [0, 0.05) is 33.9 Å². The van der Waals surface area contributed by atoms with E-state index in [0.717, 1.165) is 16.5 Å². The van der Waals surface area contributed by atoms with Gasteiger partial charge in [0.15, 0.2) is 11.5 Å². The third-order valence-electron chi connectivity index (χ3n) is 7.85. The van der Waals surface area contributed by atoms with Gasteiger partial charge in [-0.15, -0.1) is 24.8 Å². The van der Waals surface area contributed by atoms with Gasteiger partial charge in [0.1, 0.15) is 28.3 Å². The summed E-state index contributed by atoms with van der Waals surface area (Å²) in [5.74, 6) is 0.818. The number of methoxy groups -OCH3 is 4. The SMILES string of the molecule is COC(=O)c1c(-c2cc(OC)c(Br)c(OC)c2)c2cc(OC)c(OCc3nccc4ccccc34)cc2c(=O)n1-c1ccc(N)cc1.Cl.Cl. The van der Waals surface area contributed by atoms with E-state index in [1.807, 2.05) is 30.3 Å². The molecule has 254 valence electrons. The van der Waals surface area contributed by atoms with Crippen LogP contribution in [0.15, 0.2) is 94.3 Å². The molecule has 0 aliphatic rings. The predicted molar refractivity (Wildman–Crippen MR) is 199 cm³/mol. The van der Waals surface area contributed by atoms with Crippen LogP contribution in [0.1, 0.15) is 16.2 Å². The van der Waals surface area contributed by atoms with Crippen LogP contribution < -0.4 is 30.2 Å². The maximum absolute atomic E-state index is 14.5. The van der Waals surface area contributed by atoms with Gasteiger partial charge < -0.3 is 29.4 Å². The van der Waals surface area contributed by atoms with Gasteiger partial charge in [-0.25, -0.2) is 4.79 Å². The van der Waals surface area contributed by atoms with Gasteiger partial charge >= 0.3 is 5.97 Å². The van der Waals surface area contributed by atoms with E-state index in [-0.39, 0.29) is 42.5 Å². The lowest BCUT2D eigenvalue weighted by molar-refractivity contribution is 0.0591. The zero-order valence-corrected chi connectivity index (χ0v) is 30.0. The summed E-state index contributed by atoms with van der Waals surface area (Å²) in [6.07, 6.45) is 1.73. The second-order valence-corrected chi connectivity index (χ2v) is 11.3. The van der Waals surface area contributed by atoms with Crippen molar-refractivity contribution in [3.05, 3.63) is 111 Å². The number of nitrogens with zero attached hydrogens (tertiary/aromatic N) is 2. The smallest absolute Gasteiger partial charge is 0.355 e. The van der Waals surface area contributed by atoms with Crippen LogP contribution >= 0.6 is 40.7 Å². The highest BCUT2D eigenvalue weighted by Crippen LogP contribution is 2.44. The number of ether oxygens (including phenoxy) is 5. The first-order valence-corrected chi connectivity index (χ1v) is 15.2. The minimum atomic E-state index is -0.738. The van der Waals surface area contributed by atoms with Crippen molar-refractivity contribution in [3.63, 3.8) is 0 Å². The molecular formula is C36H32BrCl2N3O7. The first kappa shape index (κ1) is 36.9. The second kappa shape index (κ2) is 15.5. The summed E-state index contributed by atoms with van der Waals surface area (Å²) in [7, 11) is 5.81. The Morgan fingerprint density at radius 2 is 1.43 bits per heavy atom. The van der Waals surface area contributed by atoms with E-state index in [4.69, 9.17) is 29.4 Å². The largest absolute Gasteiger partial charge is 0.495 e. The monoisotopic (exact) mass is 767 g/mol. The number of pyridine rings is 2. The molecule has 0 radical (unpaired) electrons. The predicted octanol–water partition coefficient (Wildman–Crippen LogP) is 7.79. The number of rotatable bonds is 9. The lowest BCUT2D eigenvalue weighted by Crippen LogP contribution is -2.27. The average Bonchev–Trinajstić information content (AvgIpc) is 3.10. The number of esters is 1. The molecule has 6 aromatic rings. The fraction of sp³-hybridized carbons (Fsp3) is 0.139. The molecule has 4 aromatic carbocycles. The maximum Gasteiger partial charge on any atom is 0.355 e. The molecule has 0 amide bonds. The number of anilines is 1. The molecule has 0 spiro atoms. The fourth-order valence-electron chi connectivity index (χ4n) is 5.59. The number of carbonyl (C=O) groups excluding carboxylic acids is 1. The lowest BCUT2D eigenvalue weighted by atomic mass is 9.95. The van der Waals surface area contributed by atoms with Crippen LogP contribution in [0, 0.1) is 0 Å². The maximum atomic E-state index is 14.5. The Bertz CT molecular complexity index is 2200. The number of aromatic nitrogens is 2. The van der Waals surface area contributed by atoms with Crippen molar-refractivity contribution < 1.29 is 28.5 Å². The standard InChI is InChI=1S/C36H30BrN3O7.2ClH/c1-43-28-17-25-26(18-29(28)47-19-27-24-8-6-5-7-20(24)13-14-39-27)35(41)40(23-11-9-22(38)10-12-23)34(36(42)46-4)32(25)21-15-30(44-2)33(37)31(16-21)45-3;;/h5-18H,19,38H2,1-4H3;2*1H. The number of benzene rings is 4. The van der Waals surface area contributed by atoms with Gasteiger partial charge in [-0.3, -0.25) is 14.3 Å². The Kier molecular flexibility index (Phi) is 11.7. The summed E-state index contributed by atoms with van der Waals surface area (Å²) < 4.78 is 30.5. The van der Waals surface area contributed by atoms with E-state index < -0.39 is 11.5 Å². The van der Waals surface area contributed by atoms with Crippen molar-refractivity contribution in [2.45, 2.75) is 6.61 Å².